The third-order valence-corrected chi connectivity index (χ3v) is 0.922. The molecule has 3 N–H and O–H groups in total. The van der Waals surface area contributed by atoms with Gasteiger partial charge in [0.25, 0.3) is 0 Å². The van der Waals surface area contributed by atoms with Crippen molar-refractivity contribution in [1.82, 2.24) is 15.4 Å². The number of H-pyrrole nitrogens is 1. The Morgan fingerprint density at radius 2 is 2.67 bits per heavy atom. The molecule has 0 aliphatic heterocycles. The Kier molecular flexibility index (Phi) is 1.55. The highest BCUT2D eigenvalue weighted by molar-refractivity contribution is 5.59. The molecule has 1 heterocycles. The van der Waals surface area contributed by atoms with Gasteiger partial charge in [-0.05, 0) is 0 Å². The number of aromatic amines is 1. The van der Waals surface area contributed by atoms with Crippen molar-refractivity contribution in [3.63, 3.8) is 0 Å². The molecule has 5 heteroatoms. The lowest BCUT2D eigenvalue weighted by molar-refractivity contribution is -0.109. The number of nitrogens with zero attached hydrogens (tertiary/aromatic N) is 2. The maximum absolute atomic E-state index is 10.00. The molecule has 0 saturated carbocycles. The van der Waals surface area contributed by atoms with Gasteiger partial charge in [-0.15, -0.1) is 0 Å². The van der Waals surface area contributed by atoms with Gasteiger partial charge in [-0.25, -0.2) is 0 Å². The second-order valence-electron chi connectivity index (χ2n) is 1.56. The molecule has 0 spiro atoms. The lowest BCUT2D eigenvalue weighted by atomic mass is 10.3. The van der Waals surface area contributed by atoms with Crippen LogP contribution in [0.5, 0.6) is 0 Å². The van der Waals surface area contributed by atoms with Crippen LogP contribution in [0.25, 0.3) is 0 Å². The molecule has 48 valence electrons. The molecule has 1 aromatic rings. The molecule has 0 aliphatic rings. The number of hydrogen-bond acceptors (Lipinski definition) is 4. The van der Waals surface area contributed by atoms with Crippen LogP contribution in [0.1, 0.15) is 11.7 Å². The fourth-order valence-electron chi connectivity index (χ4n) is 0.441. The first kappa shape index (κ1) is 5.90. The predicted octanol–water partition coefficient (Wildman–Crippen LogP) is -0.997. The quantitative estimate of drug-likeness (QED) is 0.498. The molecule has 1 unspecified atom stereocenters. The van der Waals surface area contributed by atoms with E-state index < -0.39 is 6.04 Å². The smallest absolute Gasteiger partial charge is 0.142 e. The van der Waals surface area contributed by atoms with Crippen molar-refractivity contribution in [2.45, 2.75) is 6.04 Å². The summed E-state index contributed by atoms with van der Waals surface area (Å²) in [6, 6.07) is -0.649. The minimum Gasteiger partial charge on any atom is -0.317 e. The van der Waals surface area contributed by atoms with Gasteiger partial charge in [0, 0.05) is 0 Å². The molecule has 1 aromatic heterocycles. The fourth-order valence-corrected chi connectivity index (χ4v) is 0.441. The SMILES string of the molecule is NC(C=O)c1cn[nH]n1. The normalized spacial score (nSPS) is 13.0. The van der Waals surface area contributed by atoms with Crippen molar-refractivity contribution in [3.05, 3.63) is 11.9 Å². The van der Waals surface area contributed by atoms with Crippen LogP contribution in [-0.4, -0.2) is 21.7 Å². The number of rotatable bonds is 2. The summed E-state index contributed by atoms with van der Waals surface area (Å²) in [5.41, 5.74) is 5.71. The molecule has 0 amide bonds. The summed E-state index contributed by atoms with van der Waals surface area (Å²) < 4.78 is 0. The van der Waals surface area contributed by atoms with Crippen LogP contribution >= 0.6 is 0 Å². The monoisotopic (exact) mass is 126 g/mol. The van der Waals surface area contributed by atoms with Crippen molar-refractivity contribution in [3.8, 4) is 0 Å². The first-order chi connectivity index (χ1) is 4.34. The number of nitrogens with two attached hydrogens (primary N) is 1. The van der Waals surface area contributed by atoms with Crippen LogP contribution in [0.4, 0.5) is 0 Å². The molecular formula is C4H6N4O. The van der Waals surface area contributed by atoms with Crippen molar-refractivity contribution >= 4 is 6.29 Å². The van der Waals surface area contributed by atoms with Crippen molar-refractivity contribution in [2.24, 2.45) is 5.73 Å². The zero-order valence-electron chi connectivity index (χ0n) is 4.61. The molecule has 0 bridgehead atoms. The molecular weight excluding hydrogens is 120 g/mol. The minimum atomic E-state index is -0.649. The topological polar surface area (TPSA) is 84.7 Å². The molecule has 0 aliphatic carbocycles. The second kappa shape index (κ2) is 2.36. The van der Waals surface area contributed by atoms with Gasteiger partial charge in [0.2, 0.25) is 0 Å². The number of aromatic nitrogens is 3. The second-order valence-corrected chi connectivity index (χ2v) is 1.56. The average Bonchev–Trinajstić information content (AvgIpc) is 2.37. The van der Waals surface area contributed by atoms with Crippen molar-refractivity contribution in [2.75, 3.05) is 0 Å². The van der Waals surface area contributed by atoms with Crippen molar-refractivity contribution in [1.29, 1.82) is 0 Å². The summed E-state index contributed by atoms with van der Waals surface area (Å²) in [6.45, 7) is 0. The number of carbonyl (C=O) groups excluding carboxylic acids is 1. The molecule has 0 aromatic carbocycles. The average molecular weight is 126 g/mol. The number of aldehydes is 1. The van der Waals surface area contributed by atoms with Crippen LogP contribution in [0, 0.1) is 0 Å². The molecule has 0 radical (unpaired) electrons. The fraction of sp³-hybridized carbons (Fsp3) is 0.250. The van der Waals surface area contributed by atoms with E-state index in [1.807, 2.05) is 0 Å². The summed E-state index contributed by atoms with van der Waals surface area (Å²) in [7, 11) is 0. The van der Waals surface area contributed by atoms with Gasteiger partial charge >= 0.3 is 0 Å². The van der Waals surface area contributed by atoms with Gasteiger partial charge in [-0.2, -0.15) is 15.4 Å². The summed E-state index contributed by atoms with van der Waals surface area (Å²) in [6.07, 6.45) is 2.02. The Bertz CT molecular complexity index is 182. The third kappa shape index (κ3) is 1.11. The highest BCUT2D eigenvalue weighted by Gasteiger charge is 2.04. The molecule has 9 heavy (non-hydrogen) atoms. The van der Waals surface area contributed by atoms with Crippen molar-refractivity contribution < 1.29 is 4.79 Å². The van der Waals surface area contributed by atoms with E-state index in [2.05, 4.69) is 15.4 Å². The summed E-state index contributed by atoms with van der Waals surface area (Å²) in [5.74, 6) is 0. The van der Waals surface area contributed by atoms with E-state index in [4.69, 9.17) is 5.73 Å². The molecule has 1 rings (SSSR count). The van der Waals surface area contributed by atoms with Crippen LogP contribution in [0.15, 0.2) is 6.20 Å². The maximum Gasteiger partial charge on any atom is 0.142 e. The van der Waals surface area contributed by atoms with E-state index >= 15 is 0 Å². The Hall–Kier alpha value is -1.23. The van der Waals surface area contributed by atoms with Gasteiger partial charge in [-0.1, -0.05) is 0 Å². The largest absolute Gasteiger partial charge is 0.317 e. The molecule has 1 atom stereocenters. The van der Waals surface area contributed by atoms with E-state index in [1.54, 1.807) is 0 Å². The zero-order chi connectivity index (χ0) is 6.69. The van der Waals surface area contributed by atoms with Crippen LogP contribution in [-0.2, 0) is 4.79 Å². The Morgan fingerprint density at radius 3 is 3.11 bits per heavy atom. The summed E-state index contributed by atoms with van der Waals surface area (Å²) >= 11 is 0. The maximum atomic E-state index is 10.00. The third-order valence-electron chi connectivity index (χ3n) is 0.922. The first-order valence-corrected chi connectivity index (χ1v) is 2.41. The van der Waals surface area contributed by atoms with Gasteiger partial charge in [0.05, 0.1) is 6.20 Å². The van der Waals surface area contributed by atoms with Gasteiger partial charge in [0.1, 0.15) is 18.0 Å². The van der Waals surface area contributed by atoms with E-state index in [0.29, 0.717) is 12.0 Å². The van der Waals surface area contributed by atoms with Gasteiger partial charge in [-0.3, -0.25) is 0 Å². The first-order valence-electron chi connectivity index (χ1n) is 2.41. The van der Waals surface area contributed by atoms with E-state index in [-0.39, 0.29) is 0 Å². The Balaban J connectivity index is 2.76. The van der Waals surface area contributed by atoms with E-state index in [9.17, 15) is 4.79 Å². The van der Waals surface area contributed by atoms with E-state index in [1.165, 1.54) is 6.20 Å². The lowest BCUT2D eigenvalue weighted by Crippen LogP contribution is -2.11. The van der Waals surface area contributed by atoms with Crippen LogP contribution in [0.2, 0.25) is 0 Å². The number of nitrogens with one attached hydrogen (secondary N) is 1. The highest BCUT2D eigenvalue weighted by atomic mass is 16.1. The molecule has 0 fully saturated rings. The molecule has 5 nitrogen and oxygen atoms in total. The Morgan fingerprint density at radius 1 is 1.89 bits per heavy atom. The minimum absolute atomic E-state index is 0.463. The predicted molar refractivity (Wildman–Crippen MR) is 29.4 cm³/mol. The van der Waals surface area contributed by atoms with Crippen LogP contribution in [0.3, 0.4) is 0 Å². The summed E-state index contributed by atoms with van der Waals surface area (Å²) in [4.78, 5) is 10.00. The standard InChI is InChI=1S/C4H6N4O/c5-3(2-9)4-1-6-8-7-4/h1-3H,5H2,(H,6,7,8). The molecule has 0 saturated heterocycles. The zero-order valence-corrected chi connectivity index (χ0v) is 4.61. The van der Waals surface area contributed by atoms with Crippen LogP contribution < -0.4 is 5.73 Å². The Labute approximate surface area is 51.2 Å². The van der Waals surface area contributed by atoms with Gasteiger partial charge in [0.15, 0.2) is 0 Å². The lowest BCUT2D eigenvalue weighted by Gasteiger charge is -1.92. The van der Waals surface area contributed by atoms with Gasteiger partial charge < -0.3 is 10.5 Å². The number of hydrogen-bond donors (Lipinski definition) is 2. The highest BCUT2D eigenvalue weighted by Crippen LogP contribution is 1.97. The van der Waals surface area contributed by atoms with E-state index in [0.717, 1.165) is 0 Å². The summed E-state index contributed by atoms with van der Waals surface area (Å²) in [5, 5.41) is 9.42. The number of carbonyl (C=O) groups is 1.